The van der Waals surface area contributed by atoms with Crippen molar-refractivity contribution in [3.63, 3.8) is 0 Å². The fraction of sp³-hybridized carbons (Fsp3) is 0.368. The summed E-state index contributed by atoms with van der Waals surface area (Å²) in [4.78, 5) is 41.1. The second-order valence-corrected chi connectivity index (χ2v) is 6.54. The van der Waals surface area contributed by atoms with Crippen LogP contribution in [0.3, 0.4) is 0 Å². The van der Waals surface area contributed by atoms with Crippen molar-refractivity contribution < 1.29 is 9.59 Å². The number of hydrogen-bond acceptors (Lipinski definition) is 6. The van der Waals surface area contributed by atoms with Crippen LogP contribution in [0, 0.1) is 0 Å². The summed E-state index contributed by atoms with van der Waals surface area (Å²) in [6, 6.07) is 6.82. The largest absolute Gasteiger partial charge is 0.290 e. The van der Waals surface area contributed by atoms with Crippen molar-refractivity contribution in [3.05, 3.63) is 53.0 Å². The minimum absolute atomic E-state index is 0.0910. The average molecular weight is 397 g/mol. The van der Waals surface area contributed by atoms with Gasteiger partial charge in [0.1, 0.15) is 12.7 Å². The molecule has 0 radical (unpaired) electrons. The molecule has 0 unspecified atom stereocenters. The highest BCUT2D eigenvalue weighted by Crippen LogP contribution is 2.13. The van der Waals surface area contributed by atoms with Crippen LogP contribution in [0.15, 0.2) is 41.7 Å². The summed E-state index contributed by atoms with van der Waals surface area (Å²) in [6.45, 7) is 2.84. The molecule has 152 valence electrons. The summed E-state index contributed by atoms with van der Waals surface area (Å²) < 4.78 is 2.84. The molecular formula is C19H23N7O3. The molecule has 0 spiro atoms. The zero-order valence-corrected chi connectivity index (χ0v) is 16.2. The molecule has 0 bridgehead atoms. The van der Waals surface area contributed by atoms with Gasteiger partial charge in [-0.25, -0.2) is 9.67 Å². The second-order valence-electron chi connectivity index (χ2n) is 6.54. The van der Waals surface area contributed by atoms with Gasteiger partial charge in [0.2, 0.25) is 5.91 Å². The molecule has 2 heterocycles. The summed E-state index contributed by atoms with van der Waals surface area (Å²) in [6.07, 6.45) is 5.77. The molecule has 2 aromatic heterocycles. The molecule has 0 atom stereocenters. The quantitative estimate of drug-likeness (QED) is 0.432. The van der Waals surface area contributed by atoms with Crippen LogP contribution >= 0.6 is 0 Å². The first-order valence-electron chi connectivity index (χ1n) is 9.51. The normalized spacial score (nSPS) is 10.8. The van der Waals surface area contributed by atoms with E-state index in [4.69, 9.17) is 0 Å². The Morgan fingerprint density at radius 1 is 1.07 bits per heavy atom. The molecule has 29 heavy (non-hydrogen) atoms. The third-order valence-corrected chi connectivity index (χ3v) is 4.41. The molecule has 0 aliphatic rings. The number of carbonyl (C=O) groups excluding carboxylic acids is 2. The molecule has 2 N–H and O–H groups in total. The third-order valence-electron chi connectivity index (χ3n) is 4.41. The number of benzene rings is 1. The maximum atomic E-state index is 12.7. The Bertz CT molecular complexity index is 1040. The van der Waals surface area contributed by atoms with E-state index in [-0.39, 0.29) is 23.6 Å². The Hall–Kier alpha value is -3.56. The Morgan fingerprint density at radius 2 is 1.86 bits per heavy atom. The number of unbranched alkanes of at least 4 members (excludes halogenated alkanes) is 2. The van der Waals surface area contributed by atoms with Gasteiger partial charge in [0.05, 0.1) is 11.9 Å². The van der Waals surface area contributed by atoms with Crippen molar-refractivity contribution in [2.24, 2.45) is 0 Å². The summed E-state index contributed by atoms with van der Waals surface area (Å²) in [5.74, 6) is -0.964. The van der Waals surface area contributed by atoms with Crippen LogP contribution in [0.5, 0.6) is 0 Å². The predicted octanol–water partition coefficient (Wildman–Crippen LogP) is 1.03. The van der Waals surface area contributed by atoms with Gasteiger partial charge >= 0.3 is 0 Å². The molecule has 3 aromatic rings. The number of nitrogens with one attached hydrogen (secondary N) is 2. The summed E-state index contributed by atoms with van der Waals surface area (Å²) >= 11 is 0. The zero-order chi connectivity index (χ0) is 20.6. The first-order valence-corrected chi connectivity index (χ1v) is 9.51. The van der Waals surface area contributed by atoms with E-state index in [9.17, 15) is 14.4 Å². The minimum atomic E-state index is -0.584. The SMILES string of the molecule is CCCCCn1nc(C(=O)NNC(=O)CCn2cncn2)c2ccccc2c1=O. The molecule has 0 saturated carbocycles. The lowest BCUT2D eigenvalue weighted by Gasteiger charge is -2.12. The van der Waals surface area contributed by atoms with Crippen LogP contribution in [0.1, 0.15) is 43.1 Å². The Morgan fingerprint density at radius 3 is 2.59 bits per heavy atom. The maximum absolute atomic E-state index is 12.7. The van der Waals surface area contributed by atoms with E-state index in [1.165, 1.54) is 22.0 Å². The van der Waals surface area contributed by atoms with E-state index in [0.717, 1.165) is 19.3 Å². The van der Waals surface area contributed by atoms with Crippen molar-refractivity contribution in [1.29, 1.82) is 0 Å². The third kappa shape index (κ3) is 5.03. The molecule has 1 aromatic carbocycles. The topological polar surface area (TPSA) is 124 Å². The number of amides is 2. The van der Waals surface area contributed by atoms with Gasteiger partial charge in [-0.15, -0.1) is 0 Å². The highest BCUT2D eigenvalue weighted by molar-refractivity contribution is 6.05. The van der Waals surface area contributed by atoms with Crippen LogP contribution in [-0.2, 0) is 17.9 Å². The highest BCUT2D eigenvalue weighted by atomic mass is 16.2. The van der Waals surface area contributed by atoms with Crippen molar-refractivity contribution >= 4 is 22.6 Å². The van der Waals surface area contributed by atoms with Crippen LogP contribution in [-0.4, -0.2) is 36.4 Å². The number of fused-ring (bicyclic) bond motifs is 1. The average Bonchev–Trinajstić information content (AvgIpc) is 3.26. The summed E-state index contributed by atoms with van der Waals surface area (Å²) in [7, 11) is 0. The number of aromatic nitrogens is 5. The monoisotopic (exact) mass is 397 g/mol. The highest BCUT2D eigenvalue weighted by Gasteiger charge is 2.17. The second kappa shape index (κ2) is 9.58. The Labute approximate surface area is 166 Å². The lowest BCUT2D eigenvalue weighted by molar-refractivity contribution is -0.122. The van der Waals surface area contributed by atoms with Gasteiger partial charge in [-0.3, -0.25) is 29.9 Å². The Balaban J connectivity index is 1.73. The smallest absolute Gasteiger partial charge is 0.273 e. The van der Waals surface area contributed by atoms with Crippen LogP contribution in [0.25, 0.3) is 10.8 Å². The molecule has 0 aliphatic heterocycles. The number of carbonyl (C=O) groups is 2. The maximum Gasteiger partial charge on any atom is 0.290 e. The predicted molar refractivity (Wildman–Crippen MR) is 106 cm³/mol. The van der Waals surface area contributed by atoms with Crippen molar-refractivity contribution in [2.75, 3.05) is 0 Å². The molecule has 0 aliphatic carbocycles. The first kappa shape index (κ1) is 20.2. The lowest BCUT2D eigenvalue weighted by atomic mass is 10.1. The van der Waals surface area contributed by atoms with Gasteiger partial charge in [-0.1, -0.05) is 38.0 Å². The number of rotatable bonds is 8. The van der Waals surface area contributed by atoms with Crippen molar-refractivity contribution in [3.8, 4) is 0 Å². The zero-order valence-electron chi connectivity index (χ0n) is 16.2. The number of nitrogens with zero attached hydrogens (tertiary/aromatic N) is 5. The van der Waals surface area contributed by atoms with Gasteiger partial charge in [-0.05, 0) is 12.5 Å². The molecule has 10 heteroatoms. The van der Waals surface area contributed by atoms with Crippen LogP contribution in [0.4, 0.5) is 0 Å². The standard InChI is InChI=1S/C19H23N7O3/c1-2-3-6-10-26-19(29)15-8-5-4-7-14(15)17(24-26)18(28)23-22-16(27)9-11-25-13-20-12-21-25/h4-5,7-8,12-13H,2-3,6,9-11H2,1H3,(H,22,27)(H,23,28). The molecular weight excluding hydrogens is 374 g/mol. The van der Waals surface area contributed by atoms with E-state index in [2.05, 4.69) is 33.0 Å². The van der Waals surface area contributed by atoms with Crippen LogP contribution < -0.4 is 16.4 Å². The minimum Gasteiger partial charge on any atom is -0.273 e. The van der Waals surface area contributed by atoms with Gasteiger partial charge in [0.25, 0.3) is 11.5 Å². The van der Waals surface area contributed by atoms with E-state index < -0.39 is 5.91 Å². The lowest BCUT2D eigenvalue weighted by Crippen LogP contribution is -2.43. The molecule has 0 saturated heterocycles. The van der Waals surface area contributed by atoms with Crippen LogP contribution in [0.2, 0.25) is 0 Å². The summed E-state index contributed by atoms with van der Waals surface area (Å²) in [5.41, 5.74) is 4.60. The van der Waals surface area contributed by atoms with E-state index in [1.54, 1.807) is 24.3 Å². The Kier molecular flexibility index (Phi) is 6.67. The van der Waals surface area contributed by atoms with Gasteiger partial charge in [-0.2, -0.15) is 10.2 Å². The number of aryl methyl sites for hydroxylation is 2. The van der Waals surface area contributed by atoms with Crippen molar-refractivity contribution in [1.82, 2.24) is 35.4 Å². The van der Waals surface area contributed by atoms with Gasteiger partial charge < -0.3 is 0 Å². The first-order chi connectivity index (χ1) is 14.1. The fourth-order valence-electron chi connectivity index (χ4n) is 2.88. The number of hydrogen-bond donors (Lipinski definition) is 2. The van der Waals surface area contributed by atoms with Gasteiger partial charge in [0, 0.05) is 18.4 Å². The van der Waals surface area contributed by atoms with E-state index in [1.807, 2.05) is 0 Å². The van der Waals surface area contributed by atoms with E-state index >= 15 is 0 Å². The molecule has 10 nitrogen and oxygen atoms in total. The number of hydrazine groups is 1. The molecule has 3 rings (SSSR count). The van der Waals surface area contributed by atoms with Gasteiger partial charge in [0.15, 0.2) is 5.69 Å². The molecule has 2 amide bonds. The van der Waals surface area contributed by atoms with Crippen molar-refractivity contribution in [2.45, 2.75) is 45.7 Å². The summed E-state index contributed by atoms with van der Waals surface area (Å²) in [5, 5.41) is 9.03. The fourth-order valence-corrected chi connectivity index (χ4v) is 2.88. The van der Waals surface area contributed by atoms with E-state index in [0.29, 0.717) is 23.9 Å². The molecule has 0 fully saturated rings.